The van der Waals surface area contributed by atoms with Crippen LogP contribution in [0.1, 0.15) is 38.5 Å². The van der Waals surface area contributed by atoms with Gasteiger partial charge in [0.1, 0.15) is 0 Å². The maximum absolute atomic E-state index is 11.2. The number of piperidine rings is 1. The summed E-state index contributed by atoms with van der Waals surface area (Å²) in [5, 5.41) is 6.96. The first-order valence-electron chi connectivity index (χ1n) is 10.8. The van der Waals surface area contributed by atoms with E-state index in [9.17, 15) is 4.79 Å². The summed E-state index contributed by atoms with van der Waals surface area (Å²) < 4.78 is 0.315. The maximum Gasteiger partial charge on any atom is 0.220 e. The smallest absolute Gasteiger partial charge is 0.220 e. The van der Waals surface area contributed by atoms with E-state index in [-0.39, 0.29) is 35.8 Å². The number of unbranched alkanes of at least 4 members (excludes halogenated alkanes) is 1. The lowest BCUT2D eigenvalue weighted by Crippen LogP contribution is -2.41. The molecular formula is C22H36IN5OS. The summed E-state index contributed by atoms with van der Waals surface area (Å²) in [5.74, 6) is 0.840. The zero-order valence-electron chi connectivity index (χ0n) is 17.9. The molecule has 0 unspecified atom stereocenters. The first-order chi connectivity index (χ1) is 14.1. The fourth-order valence-corrected chi connectivity index (χ4v) is 5.01. The highest BCUT2D eigenvalue weighted by atomic mass is 127. The third kappa shape index (κ3) is 8.26. The van der Waals surface area contributed by atoms with Crippen LogP contribution >= 0.6 is 35.7 Å². The summed E-state index contributed by atoms with van der Waals surface area (Å²) in [5.41, 5.74) is 5.40. The van der Waals surface area contributed by atoms with E-state index < -0.39 is 0 Å². The SMILES string of the molecule is CN=C(NCCCCN1CCC(C(N)=O)CC1)NCC1(Sc2ccccc2)CC1.I. The Morgan fingerprint density at radius 1 is 1.20 bits per heavy atom. The monoisotopic (exact) mass is 545 g/mol. The van der Waals surface area contributed by atoms with Gasteiger partial charge in [0, 0.05) is 35.7 Å². The van der Waals surface area contributed by atoms with Crippen molar-refractivity contribution in [2.24, 2.45) is 16.6 Å². The lowest BCUT2D eigenvalue weighted by molar-refractivity contribution is -0.123. The van der Waals surface area contributed by atoms with Gasteiger partial charge < -0.3 is 21.3 Å². The molecule has 1 aromatic rings. The van der Waals surface area contributed by atoms with Gasteiger partial charge in [-0.15, -0.1) is 35.7 Å². The number of nitrogens with zero attached hydrogens (tertiary/aromatic N) is 2. The van der Waals surface area contributed by atoms with Crippen molar-refractivity contribution in [1.82, 2.24) is 15.5 Å². The van der Waals surface area contributed by atoms with E-state index >= 15 is 0 Å². The number of aliphatic imine (C=N–C) groups is 1. The molecule has 1 heterocycles. The van der Waals surface area contributed by atoms with Gasteiger partial charge in [-0.25, -0.2) is 0 Å². The molecule has 1 aliphatic carbocycles. The lowest BCUT2D eigenvalue weighted by atomic mass is 9.96. The highest BCUT2D eigenvalue weighted by Crippen LogP contribution is 2.51. The minimum atomic E-state index is -0.136. The molecule has 2 aliphatic rings. The quantitative estimate of drug-likeness (QED) is 0.182. The molecule has 4 N–H and O–H groups in total. The Hall–Kier alpha value is -1.000. The number of benzene rings is 1. The molecule has 1 amide bonds. The summed E-state index contributed by atoms with van der Waals surface area (Å²) in [6, 6.07) is 10.7. The van der Waals surface area contributed by atoms with Crippen LogP contribution in [0.5, 0.6) is 0 Å². The molecule has 0 radical (unpaired) electrons. The van der Waals surface area contributed by atoms with Crippen LogP contribution in [0, 0.1) is 5.92 Å². The van der Waals surface area contributed by atoms with E-state index in [2.05, 4.69) is 50.9 Å². The molecule has 2 fully saturated rings. The maximum atomic E-state index is 11.2. The zero-order valence-corrected chi connectivity index (χ0v) is 21.1. The Labute approximate surface area is 202 Å². The van der Waals surface area contributed by atoms with Crippen molar-refractivity contribution in [3.63, 3.8) is 0 Å². The summed E-state index contributed by atoms with van der Waals surface area (Å²) >= 11 is 1.98. The third-order valence-corrected chi connectivity index (χ3v) is 7.36. The van der Waals surface area contributed by atoms with Crippen molar-refractivity contribution in [3.05, 3.63) is 30.3 Å². The van der Waals surface area contributed by atoms with E-state index in [1.165, 1.54) is 17.7 Å². The lowest BCUT2D eigenvalue weighted by Gasteiger charge is -2.30. The van der Waals surface area contributed by atoms with Gasteiger partial charge >= 0.3 is 0 Å². The molecule has 0 spiro atoms. The molecule has 1 saturated heterocycles. The van der Waals surface area contributed by atoms with Crippen molar-refractivity contribution < 1.29 is 4.79 Å². The van der Waals surface area contributed by atoms with Crippen molar-refractivity contribution in [1.29, 1.82) is 0 Å². The summed E-state index contributed by atoms with van der Waals surface area (Å²) in [7, 11) is 1.84. The molecule has 1 saturated carbocycles. The van der Waals surface area contributed by atoms with Gasteiger partial charge in [-0.3, -0.25) is 9.79 Å². The number of likely N-dealkylation sites (tertiary alicyclic amines) is 1. The van der Waals surface area contributed by atoms with E-state index in [1.807, 2.05) is 18.8 Å². The zero-order chi connectivity index (χ0) is 20.5. The average molecular weight is 546 g/mol. The van der Waals surface area contributed by atoms with Gasteiger partial charge in [0.05, 0.1) is 0 Å². The van der Waals surface area contributed by atoms with Gasteiger partial charge in [0.15, 0.2) is 5.96 Å². The van der Waals surface area contributed by atoms with Crippen LogP contribution in [0.25, 0.3) is 0 Å². The van der Waals surface area contributed by atoms with Crippen molar-refractivity contribution in [2.45, 2.75) is 48.2 Å². The predicted molar refractivity (Wildman–Crippen MR) is 137 cm³/mol. The Morgan fingerprint density at radius 2 is 1.90 bits per heavy atom. The molecular weight excluding hydrogens is 509 g/mol. The molecule has 0 aromatic heterocycles. The summed E-state index contributed by atoms with van der Waals surface area (Å²) in [6.07, 6.45) is 6.59. The number of nitrogens with one attached hydrogen (secondary N) is 2. The Morgan fingerprint density at radius 3 is 2.50 bits per heavy atom. The fourth-order valence-electron chi connectivity index (χ4n) is 3.77. The van der Waals surface area contributed by atoms with Crippen LogP contribution in [-0.2, 0) is 4.79 Å². The van der Waals surface area contributed by atoms with Crippen LogP contribution in [0.3, 0.4) is 0 Å². The van der Waals surface area contributed by atoms with Crippen LogP contribution < -0.4 is 16.4 Å². The highest BCUT2D eigenvalue weighted by Gasteiger charge is 2.43. The van der Waals surface area contributed by atoms with E-state index in [1.54, 1.807) is 0 Å². The van der Waals surface area contributed by atoms with Crippen LogP contribution in [0.2, 0.25) is 0 Å². The molecule has 6 nitrogen and oxygen atoms in total. The third-order valence-electron chi connectivity index (χ3n) is 5.87. The number of carbonyl (C=O) groups excluding carboxylic acids is 1. The number of carbonyl (C=O) groups is 1. The number of guanidine groups is 1. The second kappa shape index (κ2) is 12.8. The Bertz CT molecular complexity index is 675. The number of hydrogen-bond acceptors (Lipinski definition) is 4. The molecule has 168 valence electrons. The van der Waals surface area contributed by atoms with E-state index in [0.717, 1.165) is 64.4 Å². The fraction of sp³-hybridized carbons (Fsp3) is 0.636. The topological polar surface area (TPSA) is 82.8 Å². The number of amides is 1. The minimum absolute atomic E-state index is 0. The molecule has 30 heavy (non-hydrogen) atoms. The van der Waals surface area contributed by atoms with Gasteiger partial charge in [-0.05, 0) is 70.3 Å². The average Bonchev–Trinajstić information content (AvgIpc) is 3.50. The number of rotatable bonds is 10. The second-order valence-electron chi connectivity index (χ2n) is 8.18. The Kier molecular flexibility index (Phi) is 10.7. The first kappa shape index (κ1) is 25.3. The molecule has 0 atom stereocenters. The normalized spacial score (nSPS) is 19.0. The van der Waals surface area contributed by atoms with Crippen molar-refractivity contribution in [3.8, 4) is 0 Å². The minimum Gasteiger partial charge on any atom is -0.369 e. The second-order valence-corrected chi connectivity index (χ2v) is 9.72. The van der Waals surface area contributed by atoms with Crippen LogP contribution in [0.15, 0.2) is 40.2 Å². The standard InChI is InChI=1S/C22H35N5OS.HI/c1-24-21(26-17-22(11-12-22)29-19-7-3-2-4-8-19)25-13-5-6-14-27-15-9-18(10-16-27)20(23)28;/h2-4,7-8,18H,5-6,9-17H2,1H3,(H2,23,28)(H2,24,25,26);1H. The molecule has 3 rings (SSSR count). The van der Waals surface area contributed by atoms with Gasteiger partial charge in [-0.1, -0.05) is 18.2 Å². The first-order valence-corrected chi connectivity index (χ1v) is 11.6. The number of primary amides is 1. The van der Waals surface area contributed by atoms with Crippen LogP contribution in [0.4, 0.5) is 0 Å². The highest BCUT2D eigenvalue weighted by molar-refractivity contribution is 14.0. The van der Waals surface area contributed by atoms with E-state index in [4.69, 9.17) is 5.73 Å². The summed E-state index contributed by atoms with van der Waals surface area (Å²) in [6.45, 7) is 4.95. The largest absolute Gasteiger partial charge is 0.369 e. The van der Waals surface area contributed by atoms with Gasteiger partial charge in [0.2, 0.25) is 5.91 Å². The number of halogens is 1. The van der Waals surface area contributed by atoms with E-state index in [0.29, 0.717) is 4.75 Å². The molecule has 0 bridgehead atoms. The van der Waals surface area contributed by atoms with Gasteiger partial charge in [-0.2, -0.15) is 0 Å². The molecule has 1 aliphatic heterocycles. The molecule has 8 heteroatoms. The number of thioether (sulfide) groups is 1. The number of nitrogens with two attached hydrogens (primary N) is 1. The van der Waals surface area contributed by atoms with Crippen molar-refractivity contribution >= 4 is 47.6 Å². The summed E-state index contributed by atoms with van der Waals surface area (Å²) in [4.78, 5) is 19.4. The Balaban J connectivity index is 0.00000320. The predicted octanol–water partition coefficient (Wildman–Crippen LogP) is 3.07. The number of hydrogen-bond donors (Lipinski definition) is 3. The van der Waals surface area contributed by atoms with Crippen LogP contribution in [-0.4, -0.2) is 61.3 Å². The van der Waals surface area contributed by atoms with Gasteiger partial charge in [0.25, 0.3) is 0 Å². The van der Waals surface area contributed by atoms with Crippen molar-refractivity contribution in [2.75, 3.05) is 39.8 Å². The molecule has 1 aromatic carbocycles.